The lowest BCUT2D eigenvalue weighted by Crippen LogP contribution is -2.52. The first kappa shape index (κ1) is 19.4. The van der Waals surface area contributed by atoms with E-state index in [1.54, 1.807) is 6.07 Å². The molecule has 1 unspecified atom stereocenters. The zero-order valence-electron chi connectivity index (χ0n) is 14.5. The predicted molar refractivity (Wildman–Crippen MR) is 95.3 cm³/mol. The molecule has 0 aromatic heterocycles. The maximum atomic E-state index is 14.0. The van der Waals surface area contributed by atoms with Crippen molar-refractivity contribution in [3.05, 3.63) is 41.4 Å². The van der Waals surface area contributed by atoms with Gasteiger partial charge in [-0.25, -0.2) is 9.38 Å². The summed E-state index contributed by atoms with van der Waals surface area (Å²) in [5, 5.41) is 8.24. The van der Waals surface area contributed by atoms with E-state index in [9.17, 15) is 17.6 Å². The van der Waals surface area contributed by atoms with Crippen LogP contribution in [0.2, 0.25) is 0 Å². The van der Waals surface area contributed by atoms with Crippen LogP contribution in [0, 0.1) is 5.82 Å². The van der Waals surface area contributed by atoms with Crippen LogP contribution < -0.4 is 27.4 Å². The fourth-order valence-corrected chi connectivity index (χ4v) is 2.66. The maximum absolute atomic E-state index is 14.0. The molecule has 0 radical (unpaired) electrons. The van der Waals surface area contributed by atoms with Crippen molar-refractivity contribution in [1.82, 2.24) is 10.6 Å². The molecule has 1 heterocycles. The van der Waals surface area contributed by atoms with Gasteiger partial charge in [0.05, 0.1) is 0 Å². The van der Waals surface area contributed by atoms with E-state index in [-0.39, 0.29) is 17.4 Å². The Morgan fingerprint density at radius 2 is 2.00 bits per heavy atom. The van der Waals surface area contributed by atoms with Crippen LogP contribution in [0.5, 0.6) is 0 Å². The fourth-order valence-electron chi connectivity index (χ4n) is 2.66. The number of anilines is 1. The van der Waals surface area contributed by atoms with Gasteiger partial charge < -0.3 is 21.7 Å². The summed E-state index contributed by atoms with van der Waals surface area (Å²) in [6.45, 7) is 1.00. The number of benzene rings is 1. The lowest BCUT2D eigenvalue weighted by Gasteiger charge is -2.33. The molecule has 1 aromatic carbocycles. The van der Waals surface area contributed by atoms with Crippen LogP contribution in [0.15, 0.2) is 35.0 Å². The molecule has 6 nitrogen and oxygen atoms in total. The van der Waals surface area contributed by atoms with Gasteiger partial charge in [-0.1, -0.05) is 0 Å². The third kappa shape index (κ3) is 4.69. The average Bonchev–Trinajstić information content (AvgIpc) is 3.37. The summed E-state index contributed by atoms with van der Waals surface area (Å²) >= 11 is 0. The minimum atomic E-state index is -4.59. The summed E-state index contributed by atoms with van der Waals surface area (Å²) in [5.74, 6) is -2.64. The SMILES string of the molecule is NCCCNc1cc(F)cc(C2(N)N=C(NC3CC3)C(C(F)(F)F)=CN2)c1. The highest BCUT2D eigenvalue weighted by Crippen LogP contribution is 2.33. The standard InChI is InChI=1S/C17H22F4N6/c18-11-6-10(7-13(8-11)24-5-1-4-22)17(23)25-9-14(16(19,20)21)15(27-17)26-12-2-3-12/h6-9,12,24-25H,1-5,22-23H2,(H,26,27). The number of hydrogen-bond donors (Lipinski definition) is 5. The summed E-state index contributed by atoms with van der Waals surface area (Å²) in [7, 11) is 0. The Labute approximate surface area is 154 Å². The molecule has 0 spiro atoms. The fraction of sp³-hybridized carbons (Fsp3) is 0.471. The zero-order chi connectivity index (χ0) is 19.7. The van der Waals surface area contributed by atoms with E-state index in [2.05, 4.69) is 20.9 Å². The first-order chi connectivity index (χ1) is 12.7. The van der Waals surface area contributed by atoms with Crippen LogP contribution in [-0.2, 0) is 5.79 Å². The van der Waals surface area contributed by atoms with Gasteiger partial charge in [0.2, 0.25) is 5.79 Å². The summed E-state index contributed by atoms with van der Waals surface area (Å²) in [4.78, 5) is 4.06. The number of nitrogens with two attached hydrogens (primary N) is 2. The summed E-state index contributed by atoms with van der Waals surface area (Å²) < 4.78 is 53.8. The molecule has 27 heavy (non-hydrogen) atoms. The minimum Gasteiger partial charge on any atom is -0.385 e. The monoisotopic (exact) mass is 386 g/mol. The van der Waals surface area contributed by atoms with Crippen LogP contribution in [0.4, 0.5) is 23.2 Å². The first-order valence-electron chi connectivity index (χ1n) is 8.67. The lowest BCUT2D eigenvalue weighted by molar-refractivity contribution is -0.0872. The number of aliphatic imine (C=N–C) groups is 1. The molecule has 1 aromatic rings. The van der Waals surface area contributed by atoms with Crippen molar-refractivity contribution in [3.8, 4) is 0 Å². The Hall–Kier alpha value is -2.33. The van der Waals surface area contributed by atoms with E-state index in [0.29, 0.717) is 25.2 Å². The van der Waals surface area contributed by atoms with Crippen molar-refractivity contribution in [1.29, 1.82) is 0 Å². The third-order valence-corrected chi connectivity index (χ3v) is 4.25. The first-order valence-corrected chi connectivity index (χ1v) is 8.67. The number of halogens is 4. The quantitative estimate of drug-likeness (QED) is 0.380. The van der Waals surface area contributed by atoms with Gasteiger partial charge in [-0.05, 0) is 44.0 Å². The smallest absolute Gasteiger partial charge is 0.385 e. The molecule has 10 heteroatoms. The molecule has 148 valence electrons. The molecule has 1 aliphatic carbocycles. The zero-order valence-corrected chi connectivity index (χ0v) is 14.5. The van der Waals surface area contributed by atoms with Gasteiger partial charge in [0.15, 0.2) is 0 Å². The number of nitrogens with zero attached hydrogens (tertiary/aromatic N) is 1. The van der Waals surface area contributed by atoms with Crippen LogP contribution in [0.3, 0.4) is 0 Å². The Morgan fingerprint density at radius 3 is 2.63 bits per heavy atom. The Morgan fingerprint density at radius 1 is 1.26 bits per heavy atom. The second kappa shape index (κ2) is 7.35. The van der Waals surface area contributed by atoms with Gasteiger partial charge in [0.1, 0.15) is 17.2 Å². The average molecular weight is 386 g/mol. The highest BCUT2D eigenvalue weighted by molar-refractivity contribution is 6.00. The van der Waals surface area contributed by atoms with Gasteiger partial charge in [-0.3, -0.25) is 5.73 Å². The molecular formula is C17H22F4N6. The topological polar surface area (TPSA) is 100 Å². The Kier molecular flexibility index (Phi) is 5.29. The number of amidine groups is 1. The third-order valence-electron chi connectivity index (χ3n) is 4.25. The molecule has 1 aliphatic heterocycles. The Balaban J connectivity index is 1.91. The van der Waals surface area contributed by atoms with Crippen LogP contribution in [0.25, 0.3) is 0 Å². The number of alkyl halides is 3. The highest BCUT2D eigenvalue weighted by Gasteiger charge is 2.43. The molecule has 2 aliphatic rings. The van der Waals surface area contributed by atoms with Gasteiger partial charge in [0, 0.05) is 30.0 Å². The van der Waals surface area contributed by atoms with Gasteiger partial charge in [-0.15, -0.1) is 0 Å². The second-order valence-electron chi connectivity index (χ2n) is 6.64. The van der Waals surface area contributed by atoms with Crippen molar-refractivity contribution < 1.29 is 17.6 Å². The van der Waals surface area contributed by atoms with Gasteiger partial charge >= 0.3 is 6.18 Å². The van der Waals surface area contributed by atoms with Crippen LogP contribution in [-0.4, -0.2) is 31.1 Å². The van der Waals surface area contributed by atoms with Gasteiger partial charge in [-0.2, -0.15) is 13.2 Å². The molecule has 7 N–H and O–H groups in total. The molecular weight excluding hydrogens is 364 g/mol. The Bertz CT molecular complexity index is 756. The van der Waals surface area contributed by atoms with E-state index in [4.69, 9.17) is 11.5 Å². The summed E-state index contributed by atoms with van der Waals surface area (Å²) in [5.41, 5.74) is 11.3. The van der Waals surface area contributed by atoms with E-state index < -0.39 is 23.4 Å². The maximum Gasteiger partial charge on any atom is 0.421 e. The van der Waals surface area contributed by atoms with Crippen molar-refractivity contribution in [2.75, 3.05) is 18.4 Å². The van der Waals surface area contributed by atoms with Gasteiger partial charge in [0.25, 0.3) is 0 Å². The second-order valence-corrected chi connectivity index (χ2v) is 6.64. The predicted octanol–water partition coefficient (Wildman–Crippen LogP) is 1.86. The molecule has 1 atom stereocenters. The molecule has 3 rings (SSSR count). The van der Waals surface area contributed by atoms with Crippen molar-refractivity contribution in [2.45, 2.75) is 37.3 Å². The molecule has 1 saturated carbocycles. The molecule has 1 fully saturated rings. The van der Waals surface area contributed by atoms with Crippen molar-refractivity contribution in [2.24, 2.45) is 16.5 Å². The highest BCUT2D eigenvalue weighted by atomic mass is 19.4. The summed E-state index contributed by atoms with van der Waals surface area (Å²) in [6, 6.07) is 3.91. The van der Waals surface area contributed by atoms with E-state index in [1.807, 2.05) is 0 Å². The molecule has 0 amide bonds. The van der Waals surface area contributed by atoms with E-state index in [0.717, 1.165) is 25.1 Å². The minimum absolute atomic E-state index is 0.0575. The van der Waals surface area contributed by atoms with Crippen molar-refractivity contribution in [3.63, 3.8) is 0 Å². The van der Waals surface area contributed by atoms with Crippen LogP contribution in [0.1, 0.15) is 24.8 Å². The molecule has 0 bridgehead atoms. The lowest BCUT2D eigenvalue weighted by atomic mass is 10.0. The summed E-state index contributed by atoms with van der Waals surface area (Å²) in [6.07, 6.45) is -1.59. The normalized spacial score (nSPS) is 22.6. The number of hydrogen-bond acceptors (Lipinski definition) is 6. The van der Waals surface area contributed by atoms with E-state index in [1.165, 1.54) is 6.07 Å². The number of nitrogens with one attached hydrogen (secondary N) is 3. The van der Waals surface area contributed by atoms with Crippen LogP contribution >= 0.6 is 0 Å². The number of rotatable bonds is 6. The van der Waals surface area contributed by atoms with Crippen molar-refractivity contribution >= 4 is 11.5 Å². The largest absolute Gasteiger partial charge is 0.421 e. The molecule has 0 saturated heterocycles. The van der Waals surface area contributed by atoms with E-state index >= 15 is 0 Å².